The van der Waals surface area contributed by atoms with Crippen LogP contribution in [0.4, 0.5) is 5.69 Å². The number of phenolic OH excluding ortho intramolecular Hbond substituents is 1. The van der Waals surface area contributed by atoms with Crippen molar-refractivity contribution >= 4 is 17.5 Å². The summed E-state index contributed by atoms with van der Waals surface area (Å²) in [6, 6.07) is 22.6. The molecule has 0 aromatic heterocycles. The normalized spacial score (nSPS) is 9.94. The highest BCUT2D eigenvalue weighted by Gasteiger charge is 2.06. The Balaban J connectivity index is 1.38. The Hall–Kier alpha value is -4.04. The fourth-order valence-corrected chi connectivity index (χ4v) is 2.85. The van der Waals surface area contributed by atoms with Crippen LogP contribution in [0.15, 0.2) is 78.9 Å². The molecule has 0 saturated carbocycles. The van der Waals surface area contributed by atoms with Crippen LogP contribution in [-0.2, 0) is 0 Å². The first-order valence-corrected chi connectivity index (χ1v) is 10.1. The van der Waals surface area contributed by atoms with Crippen LogP contribution in [0.25, 0.3) is 0 Å². The first-order chi connectivity index (χ1) is 15.1. The number of amides is 2. The summed E-state index contributed by atoms with van der Waals surface area (Å²) in [6.45, 7) is 0.625. The van der Waals surface area contributed by atoms with Gasteiger partial charge >= 0.3 is 0 Å². The molecule has 3 aromatic carbocycles. The van der Waals surface area contributed by atoms with E-state index in [1.54, 1.807) is 36.4 Å². The lowest BCUT2D eigenvalue weighted by atomic mass is 10.1. The van der Waals surface area contributed by atoms with Crippen molar-refractivity contribution in [2.45, 2.75) is 19.3 Å². The molecule has 2 amide bonds. The molecule has 0 radical (unpaired) electrons. The highest BCUT2D eigenvalue weighted by molar-refractivity contribution is 6.04. The zero-order chi connectivity index (χ0) is 21.9. The summed E-state index contributed by atoms with van der Waals surface area (Å²) < 4.78 is 0. The van der Waals surface area contributed by atoms with Crippen LogP contribution in [0.5, 0.6) is 5.75 Å². The zero-order valence-corrected chi connectivity index (χ0v) is 17.1. The molecule has 3 aromatic rings. The number of nitrogens with one attached hydrogen (secondary N) is 2. The maximum atomic E-state index is 12.3. The molecule has 3 N–H and O–H groups in total. The fourth-order valence-electron chi connectivity index (χ4n) is 2.85. The van der Waals surface area contributed by atoms with Crippen LogP contribution in [-0.4, -0.2) is 23.5 Å². The monoisotopic (exact) mass is 412 g/mol. The summed E-state index contributed by atoms with van der Waals surface area (Å²) in [5.74, 6) is 6.10. The largest absolute Gasteiger partial charge is 0.508 e. The first-order valence-electron chi connectivity index (χ1n) is 10.1. The van der Waals surface area contributed by atoms with E-state index in [9.17, 15) is 14.7 Å². The molecule has 0 aliphatic heterocycles. The van der Waals surface area contributed by atoms with Crippen LogP contribution < -0.4 is 10.6 Å². The number of anilines is 1. The number of phenols is 1. The predicted octanol–water partition coefficient (Wildman–Crippen LogP) is 4.60. The van der Waals surface area contributed by atoms with Gasteiger partial charge in [0.15, 0.2) is 0 Å². The molecular weight excluding hydrogens is 388 g/mol. The highest BCUT2D eigenvalue weighted by atomic mass is 16.3. The molecule has 3 rings (SSSR count). The Morgan fingerprint density at radius 2 is 1.45 bits per heavy atom. The molecule has 0 spiro atoms. The third-order valence-electron chi connectivity index (χ3n) is 4.56. The van der Waals surface area contributed by atoms with Gasteiger partial charge < -0.3 is 15.7 Å². The predicted molar refractivity (Wildman–Crippen MR) is 122 cm³/mol. The van der Waals surface area contributed by atoms with Gasteiger partial charge in [0.2, 0.25) is 0 Å². The van der Waals surface area contributed by atoms with E-state index in [0.29, 0.717) is 23.4 Å². The lowest BCUT2D eigenvalue weighted by molar-refractivity contribution is 0.0952. The van der Waals surface area contributed by atoms with Gasteiger partial charge in [0.1, 0.15) is 5.75 Å². The third kappa shape index (κ3) is 7.06. The van der Waals surface area contributed by atoms with Crippen molar-refractivity contribution in [3.8, 4) is 17.6 Å². The molecule has 0 aliphatic rings. The molecule has 0 atom stereocenters. The lowest BCUT2D eigenvalue weighted by Gasteiger charge is -2.05. The quantitative estimate of drug-likeness (QED) is 0.302. The molecule has 0 bridgehead atoms. The SMILES string of the molecule is O=C(NCCCCC#Cc1ccc(C(=O)Nc2ccc(O)cc2)cc1)c1ccccc1. The Labute approximate surface area is 182 Å². The van der Waals surface area contributed by atoms with Crippen LogP contribution in [0.2, 0.25) is 0 Å². The van der Waals surface area contributed by atoms with E-state index in [-0.39, 0.29) is 17.6 Å². The minimum absolute atomic E-state index is 0.0544. The minimum Gasteiger partial charge on any atom is -0.508 e. The number of aromatic hydroxyl groups is 1. The molecule has 5 heteroatoms. The topological polar surface area (TPSA) is 78.4 Å². The van der Waals surface area contributed by atoms with Gasteiger partial charge in [-0.2, -0.15) is 0 Å². The van der Waals surface area contributed by atoms with Gasteiger partial charge in [-0.15, -0.1) is 0 Å². The van der Waals surface area contributed by atoms with Crippen LogP contribution >= 0.6 is 0 Å². The molecule has 0 heterocycles. The molecule has 0 saturated heterocycles. The Bertz CT molecular complexity index is 1060. The number of carbonyl (C=O) groups excluding carboxylic acids is 2. The second kappa shape index (κ2) is 11.2. The van der Waals surface area contributed by atoms with Gasteiger partial charge in [-0.1, -0.05) is 30.0 Å². The van der Waals surface area contributed by atoms with Gasteiger partial charge in [0, 0.05) is 35.3 Å². The standard InChI is InChI=1S/C26H24N2O3/c29-24-17-15-23(16-18-24)28-26(31)22-13-11-20(12-14-22)8-4-1-2-7-19-27-25(30)21-9-5-3-6-10-21/h3,5-6,9-18,29H,1-2,7,19H2,(H,27,30)(H,28,31). The molecule has 156 valence electrons. The molecule has 0 fully saturated rings. The molecular formula is C26H24N2O3. The lowest BCUT2D eigenvalue weighted by Crippen LogP contribution is -2.24. The summed E-state index contributed by atoms with van der Waals surface area (Å²) >= 11 is 0. The molecule has 0 unspecified atom stereocenters. The number of hydrogen-bond acceptors (Lipinski definition) is 3. The van der Waals surface area contributed by atoms with Crippen molar-refractivity contribution in [2.24, 2.45) is 0 Å². The van der Waals surface area contributed by atoms with Crippen molar-refractivity contribution in [3.63, 3.8) is 0 Å². The van der Waals surface area contributed by atoms with Crippen molar-refractivity contribution in [1.29, 1.82) is 0 Å². The summed E-state index contributed by atoms with van der Waals surface area (Å²) in [7, 11) is 0. The smallest absolute Gasteiger partial charge is 0.255 e. The van der Waals surface area contributed by atoms with E-state index in [1.165, 1.54) is 12.1 Å². The second-order valence-corrected chi connectivity index (χ2v) is 6.96. The Kier molecular flexibility index (Phi) is 7.84. The van der Waals surface area contributed by atoms with E-state index >= 15 is 0 Å². The number of hydrogen-bond donors (Lipinski definition) is 3. The maximum Gasteiger partial charge on any atom is 0.255 e. The van der Waals surface area contributed by atoms with E-state index in [1.807, 2.05) is 30.3 Å². The summed E-state index contributed by atoms with van der Waals surface area (Å²) in [6.07, 6.45) is 2.50. The van der Waals surface area contributed by atoms with Crippen molar-refractivity contribution in [2.75, 3.05) is 11.9 Å². The summed E-state index contributed by atoms with van der Waals surface area (Å²) in [5, 5.41) is 15.0. The summed E-state index contributed by atoms with van der Waals surface area (Å²) in [5.41, 5.74) is 2.67. The van der Waals surface area contributed by atoms with Gasteiger partial charge in [0.25, 0.3) is 11.8 Å². The van der Waals surface area contributed by atoms with Crippen molar-refractivity contribution < 1.29 is 14.7 Å². The van der Waals surface area contributed by atoms with E-state index in [4.69, 9.17) is 0 Å². The molecule has 5 nitrogen and oxygen atoms in total. The average molecular weight is 412 g/mol. The second-order valence-electron chi connectivity index (χ2n) is 6.96. The van der Waals surface area contributed by atoms with Gasteiger partial charge in [-0.3, -0.25) is 9.59 Å². The van der Waals surface area contributed by atoms with E-state index in [0.717, 1.165) is 24.8 Å². The van der Waals surface area contributed by atoms with Gasteiger partial charge in [-0.25, -0.2) is 0 Å². The maximum absolute atomic E-state index is 12.3. The van der Waals surface area contributed by atoms with Crippen molar-refractivity contribution in [1.82, 2.24) is 5.32 Å². The van der Waals surface area contributed by atoms with Gasteiger partial charge in [0.05, 0.1) is 0 Å². The van der Waals surface area contributed by atoms with E-state index in [2.05, 4.69) is 22.5 Å². The fraction of sp³-hybridized carbons (Fsp3) is 0.154. The Morgan fingerprint density at radius 3 is 2.16 bits per heavy atom. The van der Waals surface area contributed by atoms with Gasteiger partial charge in [-0.05, 0) is 73.5 Å². The van der Waals surface area contributed by atoms with E-state index < -0.39 is 0 Å². The number of carbonyl (C=O) groups is 2. The van der Waals surface area contributed by atoms with Crippen LogP contribution in [0, 0.1) is 11.8 Å². The highest BCUT2D eigenvalue weighted by Crippen LogP contribution is 2.15. The average Bonchev–Trinajstić information content (AvgIpc) is 2.80. The zero-order valence-electron chi connectivity index (χ0n) is 17.1. The number of benzene rings is 3. The van der Waals surface area contributed by atoms with Crippen LogP contribution in [0.1, 0.15) is 45.5 Å². The van der Waals surface area contributed by atoms with Crippen molar-refractivity contribution in [3.05, 3.63) is 95.6 Å². The molecule has 0 aliphatic carbocycles. The number of unbranched alkanes of at least 4 members (excludes halogenated alkanes) is 2. The third-order valence-corrected chi connectivity index (χ3v) is 4.56. The first kappa shape index (κ1) is 21.7. The van der Waals surface area contributed by atoms with Crippen LogP contribution in [0.3, 0.4) is 0 Å². The summed E-state index contributed by atoms with van der Waals surface area (Å²) in [4.78, 5) is 24.2. The Morgan fingerprint density at radius 1 is 0.774 bits per heavy atom. The molecule has 31 heavy (non-hydrogen) atoms. The number of rotatable bonds is 7. The minimum atomic E-state index is -0.220.